The summed E-state index contributed by atoms with van der Waals surface area (Å²) in [6.07, 6.45) is 0. The first-order chi connectivity index (χ1) is 12.5. The molecule has 0 bridgehead atoms. The first-order valence-electron chi connectivity index (χ1n) is 8.79. The van der Waals surface area contributed by atoms with Crippen molar-refractivity contribution in [3.63, 3.8) is 0 Å². The maximum atomic E-state index is 12.8. The van der Waals surface area contributed by atoms with E-state index >= 15 is 0 Å². The van der Waals surface area contributed by atoms with E-state index in [2.05, 4.69) is 5.32 Å². The van der Waals surface area contributed by atoms with Gasteiger partial charge in [0, 0.05) is 12.6 Å². The van der Waals surface area contributed by atoms with Crippen molar-refractivity contribution in [2.75, 3.05) is 6.61 Å². The van der Waals surface area contributed by atoms with Crippen molar-refractivity contribution in [2.45, 2.75) is 39.4 Å². The lowest BCUT2D eigenvalue weighted by Crippen LogP contribution is -2.50. The lowest BCUT2D eigenvalue weighted by atomic mass is 10.1. The van der Waals surface area contributed by atoms with Gasteiger partial charge in [-0.05, 0) is 38.5 Å². The Labute approximate surface area is 155 Å². The van der Waals surface area contributed by atoms with Gasteiger partial charge in [0.1, 0.15) is 11.8 Å². The van der Waals surface area contributed by atoms with Gasteiger partial charge in [-0.15, -0.1) is 0 Å². The normalized spacial score (nSPS) is 11.7. The Hall–Kier alpha value is -2.82. The van der Waals surface area contributed by atoms with E-state index in [4.69, 9.17) is 4.74 Å². The summed E-state index contributed by atoms with van der Waals surface area (Å²) < 4.78 is 5.57. The van der Waals surface area contributed by atoms with Crippen molar-refractivity contribution in [1.29, 1.82) is 0 Å². The molecule has 0 aliphatic heterocycles. The number of rotatable bonds is 8. The molecule has 0 spiro atoms. The van der Waals surface area contributed by atoms with Crippen LogP contribution in [0.15, 0.2) is 60.7 Å². The van der Waals surface area contributed by atoms with Gasteiger partial charge in [-0.1, -0.05) is 48.5 Å². The van der Waals surface area contributed by atoms with Gasteiger partial charge in [0.2, 0.25) is 5.91 Å². The second-order valence-corrected chi connectivity index (χ2v) is 6.45. The number of benzene rings is 2. The molecule has 2 amide bonds. The van der Waals surface area contributed by atoms with Gasteiger partial charge in [0.25, 0.3) is 5.91 Å². The van der Waals surface area contributed by atoms with Crippen molar-refractivity contribution < 1.29 is 14.3 Å². The summed E-state index contributed by atoms with van der Waals surface area (Å²) >= 11 is 0. The van der Waals surface area contributed by atoms with Gasteiger partial charge in [-0.25, -0.2) is 0 Å². The van der Waals surface area contributed by atoms with Gasteiger partial charge in [0.05, 0.1) is 0 Å². The van der Waals surface area contributed by atoms with Crippen LogP contribution in [0, 0.1) is 0 Å². The van der Waals surface area contributed by atoms with Gasteiger partial charge < -0.3 is 15.0 Å². The largest absolute Gasteiger partial charge is 0.484 e. The topological polar surface area (TPSA) is 58.6 Å². The number of hydrogen-bond acceptors (Lipinski definition) is 3. The summed E-state index contributed by atoms with van der Waals surface area (Å²) in [5.74, 6) is 0.216. The monoisotopic (exact) mass is 354 g/mol. The van der Waals surface area contributed by atoms with Crippen molar-refractivity contribution in [3.05, 3.63) is 66.2 Å². The fourth-order valence-corrected chi connectivity index (χ4v) is 2.51. The molecule has 2 aromatic carbocycles. The molecular weight excluding hydrogens is 328 g/mol. The summed E-state index contributed by atoms with van der Waals surface area (Å²) in [5, 5.41) is 2.86. The Morgan fingerprint density at radius 1 is 0.962 bits per heavy atom. The molecule has 5 heteroatoms. The first-order valence-corrected chi connectivity index (χ1v) is 8.79. The van der Waals surface area contributed by atoms with Crippen LogP contribution in [0.5, 0.6) is 5.75 Å². The number of hydrogen-bond donors (Lipinski definition) is 1. The average molecular weight is 354 g/mol. The summed E-state index contributed by atoms with van der Waals surface area (Å²) in [7, 11) is 0. The molecule has 0 saturated heterocycles. The highest BCUT2D eigenvalue weighted by molar-refractivity contribution is 5.88. The molecule has 0 aliphatic rings. The zero-order valence-corrected chi connectivity index (χ0v) is 15.5. The van der Waals surface area contributed by atoms with Crippen molar-refractivity contribution in [1.82, 2.24) is 10.2 Å². The fraction of sp³-hybridized carbons (Fsp3) is 0.333. The van der Waals surface area contributed by atoms with Gasteiger partial charge in [-0.3, -0.25) is 9.59 Å². The molecule has 5 nitrogen and oxygen atoms in total. The van der Waals surface area contributed by atoms with E-state index in [1.54, 1.807) is 24.0 Å². The van der Waals surface area contributed by atoms with Crippen LogP contribution in [0.4, 0.5) is 0 Å². The Morgan fingerprint density at radius 3 is 2.12 bits per heavy atom. The quantitative estimate of drug-likeness (QED) is 0.793. The summed E-state index contributed by atoms with van der Waals surface area (Å²) in [6, 6.07) is 18.2. The molecule has 0 heterocycles. The second-order valence-electron chi connectivity index (χ2n) is 6.45. The van der Waals surface area contributed by atoms with Crippen molar-refractivity contribution in [2.24, 2.45) is 0 Å². The SMILES string of the molecule is CC(C)NC(=O)[C@H](C)N(Cc1ccccc1)C(=O)COc1ccccc1. The van der Waals surface area contributed by atoms with Crippen LogP contribution in [0.2, 0.25) is 0 Å². The van der Waals surface area contributed by atoms with E-state index < -0.39 is 6.04 Å². The van der Waals surface area contributed by atoms with Crippen LogP contribution in [0.25, 0.3) is 0 Å². The number of carbonyl (C=O) groups is 2. The third-order valence-corrected chi connectivity index (χ3v) is 3.90. The van der Waals surface area contributed by atoms with E-state index in [0.717, 1.165) is 5.56 Å². The summed E-state index contributed by atoms with van der Waals surface area (Å²) in [5.41, 5.74) is 0.963. The molecule has 2 rings (SSSR count). The molecule has 0 fully saturated rings. The molecule has 1 N–H and O–H groups in total. The second kappa shape index (κ2) is 9.61. The van der Waals surface area contributed by atoms with E-state index in [1.807, 2.05) is 62.4 Å². The van der Waals surface area contributed by atoms with Gasteiger partial charge in [0.15, 0.2) is 6.61 Å². The third kappa shape index (κ3) is 5.92. The lowest BCUT2D eigenvalue weighted by molar-refractivity contribution is -0.142. The zero-order valence-electron chi connectivity index (χ0n) is 15.5. The van der Waals surface area contributed by atoms with Crippen LogP contribution in [0.3, 0.4) is 0 Å². The minimum atomic E-state index is -0.593. The predicted molar refractivity (Wildman–Crippen MR) is 102 cm³/mol. The highest BCUT2D eigenvalue weighted by Crippen LogP contribution is 2.12. The maximum Gasteiger partial charge on any atom is 0.261 e. The molecule has 0 radical (unpaired) electrons. The van der Waals surface area contributed by atoms with E-state index in [1.165, 1.54) is 0 Å². The molecular formula is C21H26N2O3. The standard InChI is InChI=1S/C21H26N2O3/c1-16(2)22-21(25)17(3)23(14-18-10-6-4-7-11-18)20(24)15-26-19-12-8-5-9-13-19/h4-13,16-17H,14-15H2,1-3H3,(H,22,25)/t17-/m0/s1. The van der Waals surface area contributed by atoms with Crippen LogP contribution in [-0.4, -0.2) is 35.4 Å². The van der Waals surface area contributed by atoms with Crippen molar-refractivity contribution in [3.8, 4) is 5.75 Å². The Morgan fingerprint density at radius 2 is 1.54 bits per heavy atom. The molecule has 2 aromatic rings. The zero-order chi connectivity index (χ0) is 18.9. The predicted octanol–water partition coefficient (Wildman–Crippen LogP) is 3.01. The Balaban J connectivity index is 2.10. The Kier molecular flexibility index (Phi) is 7.21. The Bertz CT molecular complexity index is 702. The van der Waals surface area contributed by atoms with Crippen LogP contribution in [0.1, 0.15) is 26.3 Å². The van der Waals surface area contributed by atoms with Crippen LogP contribution >= 0.6 is 0 Å². The van der Waals surface area contributed by atoms with Gasteiger partial charge in [-0.2, -0.15) is 0 Å². The first kappa shape index (κ1) is 19.5. The summed E-state index contributed by atoms with van der Waals surface area (Å²) in [4.78, 5) is 26.7. The lowest BCUT2D eigenvalue weighted by Gasteiger charge is -2.29. The fourth-order valence-electron chi connectivity index (χ4n) is 2.51. The molecule has 0 aromatic heterocycles. The molecule has 26 heavy (non-hydrogen) atoms. The number of ether oxygens (including phenoxy) is 1. The number of nitrogens with one attached hydrogen (secondary N) is 1. The number of carbonyl (C=O) groups excluding carboxylic acids is 2. The van der Waals surface area contributed by atoms with Gasteiger partial charge >= 0.3 is 0 Å². The minimum absolute atomic E-state index is 0.0131. The molecule has 0 saturated carbocycles. The molecule has 1 atom stereocenters. The third-order valence-electron chi connectivity index (χ3n) is 3.90. The molecule has 0 aliphatic carbocycles. The van der Waals surface area contributed by atoms with E-state index in [-0.39, 0.29) is 24.5 Å². The van der Waals surface area contributed by atoms with Crippen molar-refractivity contribution >= 4 is 11.8 Å². The van der Waals surface area contributed by atoms with E-state index in [9.17, 15) is 9.59 Å². The number of nitrogens with zero attached hydrogens (tertiary/aromatic N) is 1. The highest BCUT2D eigenvalue weighted by atomic mass is 16.5. The molecule has 0 unspecified atom stereocenters. The average Bonchev–Trinajstić information content (AvgIpc) is 2.64. The smallest absolute Gasteiger partial charge is 0.261 e. The molecule has 138 valence electrons. The summed E-state index contributed by atoms with van der Waals surface area (Å²) in [6.45, 7) is 5.76. The maximum absolute atomic E-state index is 12.8. The highest BCUT2D eigenvalue weighted by Gasteiger charge is 2.26. The van der Waals surface area contributed by atoms with Crippen LogP contribution < -0.4 is 10.1 Å². The number of amides is 2. The number of para-hydroxylation sites is 1. The van der Waals surface area contributed by atoms with E-state index in [0.29, 0.717) is 12.3 Å². The van der Waals surface area contributed by atoms with Crippen LogP contribution in [-0.2, 0) is 16.1 Å². The minimum Gasteiger partial charge on any atom is -0.484 e.